The van der Waals surface area contributed by atoms with Crippen molar-refractivity contribution in [2.75, 3.05) is 0 Å². The standard InChI is InChI=1S/C15H22N4/c1-4-13-10-15(19(3)18-13)14(17-16)9-12-8-6-5-7-11(12)2/h5-8,10,14,17H,4,9,16H2,1-3H3. The fourth-order valence-corrected chi connectivity index (χ4v) is 2.35. The highest BCUT2D eigenvalue weighted by molar-refractivity contribution is 5.28. The van der Waals surface area contributed by atoms with Crippen LogP contribution in [0.2, 0.25) is 0 Å². The molecule has 1 aromatic carbocycles. The summed E-state index contributed by atoms with van der Waals surface area (Å²) in [5, 5.41) is 4.48. The number of nitrogens with zero attached hydrogens (tertiary/aromatic N) is 2. The molecule has 2 aromatic rings. The number of hydrogen-bond donors (Lipinski definition) is 2. The third-order valence-corrected chi connectivity index (χ3v) is 3.57. The summed E-state index contributed by atoms with van der Waals surface area (Å²) >= 11 is 0. The Morgan fingerprint density at radius 1 is 1.37 bits per heavy atom. The second-order valence-electron chi connectivity index (χ2n) is 4.89. The summed E-state index contributed by atoms with van der Waals surface area (Å²) in [6.07, 6.45) is 1.81. The van der Waals surface area contributed by atoms with E-state index >= 15 is 0 Å². The number of nitrogens with one attached hydrogen (secondary N) is 1. The molecular weight excluding hydrogens is 236 g/mol. The summed E-state index contributed by atoms with van der Waals surface area (Å²) in [6.45, 7) is 4.24. The van der Waals surface area contributed by atoms with Gasteiger partial charge in [0.15, 0.2) is 0 Å². The van der Waals surface area contributed by atoms with Gasteiger partial charge in [0.2, 0.25) is 0 Å². The fraction of sp³-hybridized carbons (Fsp3) is 0.400. The van der Waals surface area contributed by atoms with E-state index in [0.29, 0.717) is 0 Å². The smallest absolute Gasteiger partial charge is 0.0669 e. The van der Waals surface area contributed by atoms with Crippen LogP contribution in [0.5, 0.6) is 0 Å². The topological polar surface area (TPSA) is 55.9 Å². The van der Waals surface area contributed by atoms with Crippen LogP contribution in [-0.4, -0.2) is 9.78 Å². The number of rotatable bonds is 5. The molecule has 4 nitrogen and oxygen atoms in total. The summed E-state index contributed by atoms with van der Waals surface area (Å²) in [4.78, 5) is 0. The van der Waals surface area contributed by atoms with Gasteiger partial charge in [-0.15, -0.1) is 0 Å². The Kier molecular flexibility index (Phi) is 4.35. The molecule has 0 saturated heterocycles. The maximum atomic E-state index is 5.73. The zero-order valence-electron chi connectivity index (χ0n) is 11.9. The fourth-order valence-electron chi connectivity index (χ4n) is 2.35. The first-order valence-corrected chi connectivity index (χ1v) is 6.69. The molecule has 0 radical (unpaired) electrons. The molecule has 0 saturated carbocycles. The Labute approximate surface area is 114 Å². The number of benzene rings is 1. The molecular formula is C15H22N4. The zero-order valence-corrected chi connectivity index (χ0v) is 11.9. The number of aromatic nitrogens is 2. The molecule has 0 spiro atoms. The van der Waals surface area contributed by atoms with Gasteiger partial charge in [-0.25, -0.2) is 0 Å². The molecule has 4 heteroatoms. The quantitative estimate of drug-likeness (QED) is 0.637. The Bertz CT molecular complexity index is 545. The van der Waals surface area contributed by atoms with Crippen LogP contribution in [0.25, 0.3) is 0 Å². The highest BCUT2D eigenvalue weighted by atomic mass is 15.3. The van der Waals surface area contributed by atoms with Gasteiger partial charge in [-0.05, 0) is 37.0 Å². The minimum atomic E-state index is 0.0823. The molecule has 0 aliphatic heterocycles. The van der Waals surface area contributed by atoms with E-state index in [1.807, 2.05) is 11.7 Å². The molecule has 0 fully saturated rings. The lowest BCUT2D eigenvalue weighted by atomic mass is 9.99. The van der Waals surface area contributed by atoms with Gasteiger partial charge in [0.25, 0.3) is 0 Å². The second-order valence-corrected chi connectivity index (χ2v) is 4.89. The van der Waals surface area contributed by atoms with Crippen molar-refractivity contribution in [1.29, 1.82) is 0 Å². The normalized spacial score (nSPS) is 12.6. The van der Waals surface area contributed by atoms with E-state index < -0.39 is 0 Å². The van der Waals surface area contributed by atoms with Gasteiger partial charge < -0.3 is 0 Å². The van der Waals surface area contributed by atoms with Crippen molar-refractivity contribution in [1.82, 2.24) is 15.2 Å². The van der Waals surface area contributed by atoms with Crippen molar-refractivity contribution in [2.45, 2.75) is 32.7 Å². The highest BCUT2D eigenvalue weighted by Crippen LogP contribution is 2.20. The molecule has 0 aliphatic carbocycles. The minimum absolute atomic E-state index is 0.0823. The molecule has 0 bridgehead atoms. The number of hydrazine groups is 1. The largest absolute Gasteiger partial charge is 0.271 e. The third-order valence-electron chi connectivity index (χ3n) is 3.57. The van der Waals surface area contributed by atoms with Crippen molar-refractivity contribution in [3.63, 3.8) is 0 Å². The molecule has 102 valence electrons. The van der Waals surface area contributed by atoms with Gasteiger partial charge in [-0.3, -0.25) is 16.0 Å². The molecule has 0 aliphatic rings. The second kappa shape index (κ2) is 5.99. The predicted octanol–water partition coefficient (Wildman–Crippen LogP) is 2.04. The van der Waals surface area contributed by atoms with Crippen LogP contribution in [0.15, 0.2) is 30.3 Å². The van der Waals surface area contributed by atoms with Crippen molar-refractivity contribution >= 4 is 0 Å². The molecule has 1 heterocycles. The van der Waals surface area contributed by atoms with Crippen LogP contribution in [0.4, 0.5) is 0 Å². The maximum absolute atomic E-state index is 5.73. The Morgan fingerprint density at radius 3 is 2.68 bits per heavy atom. The lowest BCUT2D eigenvalue weighted by molar-refractivity contribution is 0.507. The van der Waals surface area contributed by atoms with Crippen LogP contribution in [-0.2, 0) is 19.9 Å². The van der Waals surface area contributed by atoms with Gasteiger partial charge >= 0.3 is 0 Å². The third kappa shape index (κ3) is 3.03. The van der Waals surface area contributed by atoms with E-state index in [1.54, 1.807) is 0 Å². The predicted molar refractivity (Wildman–Crippen MR) is 77.5 cm³/mol. The van der Waals surface area contributed by atoms with E-state index in [2.05, 4.69) is 54.7 Å². The van der Waals surface area contributed by atoms with Crippen LogP contribution in [0, 0.1) is 6.92 Å². The van der Waals surface area contributed by atoms with Gasteiger partial charge in [-0.1, -0.05) is 31.2 Å². The highest BCUT2D eigenvalue weighted by Gasteiger charge is 2.16. The molecule has 1 unspecified atom stereocenters. The van der Waals surface area contributed by atoms with Crippen molar-refractivity contribution in [3.05, 3.63) is 52.8 Å². The Balaban J connectivity index is 2.25. The van der Waals surface area contributed by atoms with E-state index in [4.69, 9.17) is 5.84 Å². The van der Waals surface area contributed by atoms with E-state index in [1.165, 1.54) is 11.1 Å². The Hall–Kier alpha value is -1.65. The maximum Gasteiger partial charge on any atom is 0.0669 e. The average molecular weight is 258 g/mol. The van der Waals surface area contributed by atoms with Gasteiger partial charge in [0, 0.05) is 7.05 Å². The van der Waals surface area contributed by atoms with E-state index in [0.717, 1.165) is 24.2 Å². The summed E-state index contributed by atoms with van der Waals surface area (Å²) in [7, 11) is 1.97. The first kappa shape index (κ1) is 13.8. The van der Waals surface area contributed by atoms with Crippen molar-refractivity contribution < 1.29 is 0 Å². The van der Waals surface area contributed by atoms with Crippen LogP contribution in [0.3, 0.4) is 0 Å². The summed E-state index contributed by atoms with van der Waals surface area (Å²) in [5.41, 5.74) is 7.74. The Morgan fingerprint density at radius 2 is 2.11 bits per heavy atom. The number of aryl methyl sites for hydroxylation is 3. The molecule has 2 rings (SSSR count). The molecule has 1 atom stereocenters. The summed E-state index contributed by atoms with van der Waals surface area (Å²) < 4.78 is 1.92. The van der Waals surface area contributed by atoms with Gasteiger partial charge in [0.1, 0.15) is 0 Å². The zero-order chi connectivity index (χ0) is 13.8. The molecule has 1 aromatic heterocycles. The minimum Gasteiger partial charge on any atom is -0.271 e. The monoisotopic (exact) mass is 258 g/mol. The van der Waals surface area contributed by atoms with E-state index in [-0.39, 0.29) is 6.04 Å². The lowest BCUT2D eigenvalue weighted by Gasteiger charge is -2.17. The average Bonchev–Trinajstić information content (AvgIpc) is 2.79. The van der Waals surface area contributed by atoms with Crippen LogP contribution < -0.4 is 11.3 Å². The van der Waals surface area contributed by atoms with Crippen LogP contribution >= 0.6 is 0 Å². The number of hydrogen-bond acceptors (Lipinski definition) is 3. The molecule has 3 N–H and O–H groups in total. The van der Waals surface area contributed by atoms with Crippen molar-refractivity contribution in [3.8, 4) is 0 Å². The van der Waals surface area contributed by atoms with E-state index in [9.17, 15) is 0 Å². The van der Waals surface area contributed by atoms with Crippen molar-refractivity contribution in [2.24, 2.45) is 12.9 Å². The van der Waals surface area contributed by atoms with Gasteiger partial charge in [-0.2, -0.15) is 5.10 Å². The van der Waals surface area contributed by atoms with Gasteiger partial charge in [0.05, 0.1) is 17.4 Å². The first-order valence-electron chi connectivity index (χ1n) is 6.69. The summed E-state index contributed by atoms with van der Waals surface area (Å²) in [5.74, 6) is 5.73. The number of nitrogens with two attached hydrogens (primary N) is 1. The first-order chi connectivity index (χ1) is 9.15. The molecule has 0 amide bonds. The SMILES string of the molecule is CCc1cc(C(Cc2ccccc2C)NN)n(C)n1. The molecule has 19 heavy (non-hydrogen) atoms. The lowest BCUT2D eigenvalue weighted by Crippen LogP contribution is -2.31. The van der Waals surface area contributed by atoms with Crippen LogP contribution in [0.1, 0.15) is 35.5 Å². The summed E-state index contributed by atoms with van der Waals surface area (Å²) in [6, 6.07) is 10.6.